The Hall–Kier alpha value is -2.74. The molecule has 8 nitrogen and oxygen atoms in total. The maximum atomic E-state index is 13.1. The van der Waals surface area contributed by atoms with Gasteiger partial charge in [-0.25, -0.2) is 0 Å². The zero-order valence-corrected chi connectivity index (χ0v) is 20.1. The fourth-order valence-corrected chi connectivity index (χ4v) is 3.81. The topological polar surface area (TPSA) is 94.5 Å². The molecule has 0 aliphatic carbocycles. The number of ether oxygens (including phenoxy) is 4. The molecule has 1 unspecified atom stereocenters. The maximum Gasteiger partial charge on any atom is 0.290 e. The average molecular weight is 450 g/mol. The van der Waals surface area contributed by atoms with E-state index in [0.717, 1.165) is 0 Å². The van der Waals surface area contributed by atoms with E-state index in [9.17, 15) is 14.7 Å². The first-order valence-corrected chi connectivity index (χ1v) is 10.8. The summed E-state index contributed by atoms with van der Waals surface area (Å²) >= 11 is 0. The van der Waals surface area contributed by atoms with Crippen LogP contribution in [0.1, 0.15) is 52.1 Å². The van der Waals surface area contributed by atoms with Gasteiger partial charge in [0.15, 0.2) is 23.0 Å². The highest BCUT2D eigenvalue weighted by Gasteiger charge is 2.43. The molecule has 32 heavy (non-hydrogen) atoms. The number of rotatable bonds is 12. The molecule has 0 aromatic heterocycles. The smallest absolute Gasteiger partial charge is 0.290 e. The lowest BCUT2D eigenvalue weighted by Crippen LogP contribution is -2.33. The Kier molecular flexibility index (Phi) is 8.95. The van der Waals surface area contributed by atoms with Crippen LogP contribution in [0.5, 0.6) is 17.2 Å². The van der Waals surface area contributed by atoms with Crippen LogP contribution in [-0.4, -0.2) is 62.3 Å². The number of carbonyl (C=O) groups excluding carboxylic acids is 2. The van der Waals surface area contributed by atoms with Crippen molar-refractivity contribution >= 4 is 11.7 Å². The molecule has 0 fully saturated rings. The van der Waals surface area contributed by atoms with Crippen LogP contribution < -0.4 is 14.2 Å². The Morgan fingerprint density at radius 2 is 1.66 bits per heavy atom. The van der Waals surface area contributed by atoms with Crippen molar-refractivity contribution in [1.82, 2.24) is 4.90 Å². The summed E-state index contributed by atoms with van der Waals surface area (Å²) in [5.74, 6) is -0.0424. The second-order valence-corrected chi connectivity index (χ2v) is 8.42. The van der Waals surface area contributed by atoms with Gasteiger partial charge in [-0.3, -0.25) is 9.59 Å². The maximum absolute atomic E-state index is 13.1. The molecular formula is C24H35NO7. The van der Waals surface area contributed by atoms with Gasteiger partial charge in [0.1, 0.15) is 0 Å². The fraction of sp³-hybridized carbons (Fsp3) is 0.583. The molecule has 178 valence electrons. The van der Waals surface area contributed by atoms with Gasteiger partial charge in [-0.1, -0.05) is 13.8 Å². The van der Waals surface area contributed by atoms with Gasteiger partial charge >= 0.3 is 0 Å². The molecule has 0 spiro atoms. The summed E-state index contributed by atoms with van der Waals surface area (Å²) in [6.07, 6.45) is 0.853. The standard InChI is InChI=1S/C24H35NO7/c1-14(2)11-17(26)20-21(16-12-18(29-5)23(31-7)19(13-16)30-6)25(24(28)22(20)27)9-8-10-32-15(3)4/h12-15,21,27H,8-11H2,1-7H3. The van der Waals surface area contributed by atoms with Crippen molar-refractivity contribution < 1.29 is 33.6 Å². The summed E-state index contributed by atoms with van der Waals surface area (Å²) in [5, 5.41) is 10.7. The Morgan fingerprint density at radius 3 is 2.12 bits per heavy atom. The third kappa shape index (κ3) is 5.54. The number of amides is 1. The van der Waals surface area contributed by atoms with Crippen LogP contribution in [0.3, 0.4) is 0 Å². The SMILES string of the molecule is COc1cc(C2C(C(=O)CC(C)C)=C(O)C(=O)N2CCCOC(C)C)cc(OC)c1OC. The van der Waals surface area contributed by atoms with Gasteiger partial charge in [0.25, 0.3) is 5.91 Å². The van der Waals surface area contributed by atoms with Crippen LogP contribution in [0.2, 0.25) is 0 Å². The number of hydrogen-bond acceptors (Lipinski definition) is 7. The predicted octanol–water partition coefficient (Wildman–Crippen LogP) is 3.84. The first-order valence-electron chi connectivity index (χ1n) is 10.8. The third-order valence-corrected chi connectivity index (χ3v) is 5.20. The van der Waals surface area contributed by atoms with E-state index in [-0.39, 0.29) is 29.8 Å². The Balaban J connectivity index is 2.54. The number of aliphatic hydroxyl groups is 1. The predicted molar refractivity (Wildman–Crippen MR) is 120 cm³/mol. The van der Waals surface area contributed by atoms with Crippen LogP contribution in [-0.2, 0) is 14.3 Å². The van der Waals surface area contributed by atoms with Crippen LogP contribution in [0, 0.1) is 5.92 Å². The first-order chi connectivity index (χ1) is 15.2. The molecule has 1 aliphatic heterocycles. The summed E-state index contributed by atoms with van der Waals surface area (Å²) in [6.45, 7) is 8.49. The largest absolute Gasteiger partial charge is 0.503 e. The normalized spacial score (nSPS) is 16.3. The van der Waals surface area contributed by atoms with Crippen LogP contribution in [0.4, 0.5) is 0 Å². The number of benzene rings is 1. The lowest BCUT2D eigenvalue weighted by Gasteiger charge is -2.28. The van der Waals surface area contributed by atoms with Crippen molar-refractivity contribution in [3.05, 3.63) is 29.0 Å². The molecule has 1 aromatic carbocycles. The zero-order chi connectivity index (χ0) is 24.0. The monoisotopic (exact) mass is 449 g/mol. The van der Waals surface area contributed by atoms with Crippen molar-refractivity contribution in [2.24, 2.45) is 5.92 Å². The van der Waals surface area contributed by atoms with E-state index in [1.807, 2.05) is 27.7 Å². The molecule has 1 aromatic rings. The quantitative estimate of drug-likeness (QED) is 0.485. The van der Waals surface area contributed by atoms with Gasteiger partial charge in [-0.2, -0.15) is 0 Å². The number of methoxy groups -OCH3 is 3. The van der Waals surface area contributed by atoms with Gasteiger partial charge in [0, 0.05) is 19.6 Å². The van der Waals surface area contributed by atoms with Crippen molar-refractivity contribution in [2.75, 3.05) is 34.5 Å². The molecule has 0 saturated heterocycles. The Bertz CT molecular complexity index is 835. The average Bonchev–Trinajstić information content (AvgIpc) is 2.99. The molecule has 1 heterocycles. The van der Waals surface area contributed by atoms with E-state index >= 15 is 0 Å². The van der Waals surface area contributed by atoms with E-state index in [2.05, 4.69) is 0 Å². The third-order valence-electron chi connectivity index (χ3n) is 5.20. The van der Waals surface area contributed by atoms with Crippen molar-refractivity contribution in [3.63, 3.8) is 0 Å². The molecule has 0 radical (unpaired) electrons. The summed E-state index contributed by atoms with van der Waals surface area (Å²) in [5.41, 5.74) is 0.691. The number of hydrogen-bond donors (Lipinski definition) is 1. The van der Waals surface area contributed by atoms with Crippen LogP contribution >= 0.6 is 0 Å². The minimum atomic E-state index is -0.762. The molecule has 1 amide bonds. The summed E-state index contributed by atoms with van der Waals surface area (Å²) in [6, 6.07) is 2.65. The summed E-state index contributed by atoms with van der Waals surface area (Å²) in [7, 11) is 4.50. The molecule has 8 heteroatoms. The summed E-state index contributed by atoms with van der Waals surface area (Å²) < 4.78 is 21.9. The van der Waals surface area contributed by atoms with E-state index < -0.39 is 17.7 Å². The van der Waals surface area contributed by atoms with Crippen molar-refractivity contribution in [2.45, 2.75) is 52.7 Å². The molecule has 0 saturated carbocycles. The van der Waals surface area contributed by atoms with Crippen molar-refractivity contribution in [1.29, 1.82) is 0 Å². The lowest BCUT2D eigenvalue weighted by molar-refractivity contribution is -0.129. The molecule has 2 rings (SSSR count). The minimum absolute atomic E-state index is 0.0740. The highest BCUT2D eigenvalue weighted by molar-refractivity contribution is 6.09. The van der Waals surface area contributed by atoms with Gasteiger partial charge in [-0.05, 0) is 43.9 Å². The Labute approximate surface area is 190 Å². The van der Waals surface area contributed by atoms with Gasteiger partial charge < -0.3 is 29.0 Å². The lowest BCUT2D eigenvalue weighted by atomic mass is 9.91. The summed E-state index contributed by atoms with van der Waals surface area (Å²) in [4.78, 5) is 27.6. The first kappa shape index (κ1) is 25.5. The molecule has 1 atom stereocenters. The number of ketones is 1. The van der Waals surface area contributed by atoms with E-state index in [1.165, 1.54) is 26.2 Å². The zero-order valence-electron chi connectivity index (χ0n) is 20.1. The second kappa shape index (κ2) is 11.2. The fourth-order valence-electron chi connectivity index (χ4n) is 3.81. The van der Waals surface area contributed by atoms with E-state index in [4.69, 9.17) is 18.9 Å². The molecule has 1 aliphatic rings. The highest BCUT2D eigenvalue weighted by atomic mass is 16.5. The molecular weight excluding hydrogens is 414 g/mol. The van der Waals surface area contributed by atoms with Gasteiger partial charge in [0.2, 0.25) is 5.75 Å². The Morgan fingerprint density at radius 1 is 1.06 bits per heavy atom. The van der Waals surface area contributed by atoms with E-state index in [0.29, 0.717) is 42.4 Å². The number of Topliss-reactive ketones (excluding diaryl/α,β-unsaturated/α-hetero) is 1. The molecule has 1 N–H and O–H groups in total. The van der Waals surface area contributed by atoms with Crippen molar-refractivity contribution in [3.8, 4) is 17.2 Å². The number of aliphatic hydroxyl groups excluding tert-OH is 1. The second-order valence-electron chi connectivity index (χ2n) is 8.42. The molecule has 0 bridgehead atoms. The highest BCUT2D eigenvalue weighted by Crippen LogP contribution is 2.45. The number of nitrogens with zero attached hydrogens (tertiary/aromatic N) is 1. The van der Waals surface area contributed by atoms with Crippen LogP contribution in [0.25, 0.3) is 0 Å². The van der Waals surface area contributed by atoms with Crippen LogP contribution in [0.15, 0.2) is 23.5 Å². The minimum Gasteiger partial charge on any atom is -0.503 e. The van der Waals surface area contributed by atoms with Gasteiger partial charge in [0.05, 0.1) is 39.0 Å². The van der Waals surface area contributed by atoms with Gasteiger partial charge in [-0.15, -0.1) is 0 Å². The number of carbonyl (C=O) groups is 2. The van der Waals surface area contributed by atoms with E-state index in [1.54, 1.807) is 12.1 Å².